The van der Waals surface area contributed by atoms with Gasteiger partial charge in [0.15, 0.2) is 0 Å². The fourth-order valence-corrected chi connectivity index (χ4v) is 1.34. The average molecular weight is 236 g/mol. The van der Waals surface area contributed by atoms with Gasteiger partial charge in [0.2, 0.25) is 5.70 Å². The summed E-state index contributed by atoms with van der Waals surface area (Å²) < 4.78 is 0. The number of allylic oxidation sites excluding steroid dienone is 1. The van der Waals surface area contributed by atoms with Gasteiger partial charge in [0.1, 0.15) is 0 Å². The molecular weight excluding hydrogens is 224 g/mol. The maximum Gasteiger partial charge on any atom is 0.409 e. The minimum Gasteiger partial charge on any atom is -0.465 e. The second-order valence-electron chi connectivity index (χ2n) is 3.49. The lowest BCUT2D eigenvalue weighted by Gasteiger charge is -2.07. The van der Waals surface area contributed by atoms with Gasteiger partial charge in [0.05, 0.1) is 4.92 Å². The first-order valence-electron chi connectivity index (χ1n) is 4.84. The SMILES string of the molecule is C/C(=C\c1cccc(NC(=O)O)c1C)[N+](=O)[O-]. The molecule has 0 atom stereocenters. The van der Waals surface area contributed by atoms with Crippen molar-refractivity contribution in [2.45, 2.75) is 13.8 Å². The molecule has 0 aliphatic heterocycles. The number of nitro groups is 1. The van der Waals surface area contributed by atoms with Crippen LogP contribution in [-0.4, -0.2) is 16.1 Å². The minimum absolute atomic E-state index is 0.000532. The molecule has 0 spiro atoms. The maximum absolute atomic E-state index is 10.5. The van der Waals surface area contributed by atoms with Gasteiger partial charge in [-0.2, -0.15) is 0 Å². The zero-order valence-corrected chi connectivity index (χ0v) is 9.43. The molecule has 1 aromatic rings. The molecule has 1 amide bonds. The van der Waals surface area contributed by atoms with Crippen LogP contribution in [0.15, 0.2) is 23.9 Å². The number of anilines is 1. The predicted octanol–water partition coefficient (Wildman–Crippen LogP) is 2.72. The van der Waals surface area contributed by atoms with Crippen LogP contribution in [0.2, 0.25) is 0 Å². The summed E-state index contributed by atoms with van der Waals surface area (Å²) in [6.45, 7) is 3.08. The highest BCUT2D eigenvalue weighted by atomic mass is 16.6. The molecule has 0 saturated heterocycles. The van der Waals surface area contributed by atoms with Crippen molar-refractivity contribution in [3.05, 3.63) is 45.1 Å². The van der Waals surface area contributed by atoms with E-state index in [1.165, 1.54) is 13.0 Å². The van der Waals surface area contributed by atoms with E-state index in [2.05, 4.69) is 5.32 Å². The van der Waals surface area contributed by atoms with Gasteiger partial charge in [-0.05, 0) is 24.1 Å². The molecule has 0 saturated carbocycles. The molecule has 0 aliphatic rings. The Hall–Kier alpha value is -2.37. The van der Waals surface area contributed by atoms with Crippen LogP contribution in [0.1, 0.15) is 18.1 Å². The van der Waals surface area contributed by atoms with Crippen molar-refractivity contribution in [1.29, 1.82) is 0 Å². The van der Waals surface area contributed by atoms with Crippen molar-refractivity contribution in [2.24, 2.45) is 0 Å². The largest absolute Gasteiger partial charge is 0.465 e. The first kappa shape index (κ1) is 12.7. The van der Waals surface area contributed by atoms with Crippen molar-refractivity contribution in [3.8, 4) is 0 Å². The van der Waals surface area contributed by atoms with Crippen LogP contribution < -0.4 is 5.32 Å². The highest BCUT2D eigenvalue weighted by Gasteiger charge is 2.08. The van der Waals surface area contributed by atoms with Gasteiger partial charge in [-0.15, -0.1) is 0 Å². The Morgan fingerprint density at radius 1 is 1.53 bits per heavy atom. The standard InChI is InChI=1S/C11H12N2O4/c1-7(13(16)17)6-9-4-3-5-10(8(9)2)12-11(14)15/h3-6,12H,1-2H3,(H,14,15)/b7-6+. The summed E-state index contributed by atoms with van der Waals surface area (Å²) in [5.41, 5.74) is 1.68. The van der Waals surface area contributed by atoms with Crippen LogP contribution in [0, 0.1) is 17.0 Å². The van der Waals surface area contributed by atoms with Crippen LogP contribution in [-0.2, 0) is 0 Å². The van der Waals surface area contributed by atoms with Gasteiger partial charge >= 0.3 is 6.09 Å². The van der Waals surface area contributed by atoms with Crippen molar-refractivity contribution < 1.29 is 14.8 Å². The van der Waals surface area contributed by atoms with Crippen molar-refractivity contribution in [2.75, 3.05) is 5.32 Å². The zero-order chi connectivity index (χ0) is 13.0. The van der Waals surface area contributed by atoms with Crippen LogP contribution in [0.25, 0.3) is 6.08 Å². The Balaban J connectivity index is 3.15. The number of hydrogen-bond acceptors (Lipinski definition) is 3. The topological polar surface area (TPSA) is 92.5 Å². The number of carbonyl (C=O) groups is 1. The first-order chi connectivity index (χ1) is 7.91. The number of hydrogen-bond donors (Lipinski definition) is 2. The van der Waals surface area contributed by atoms with Crippen LogP contribution >= 0.6 is 0 Å². The van der Waals surface area contributed by atoms with Gasteiger partial charge < -0.3 is 5.11 Å². The number of nitrogens with zero attached hydrogens (tertiary/aromatic N) is 1. The van der Waals surface area contributed by atoms with Gasteiger partial charge in [-0.1, -0.05) is 12.1 Å². The average Bonchev–Trinajstić information content (AvgIpc) is 2.23. The monoisotopic (exact) mass is 236 g/mol. The third kappa shape index (κ3) is 3.30. The normalized spacial score (nSPS) is 11.1. The third-order valence-corrected chi connectivity index (χ3v) is 2.27. The maximum atomic E-state index is 10.5. The molecule has 0 aliphatic carbocycles. The quantitative estimate of drug-likeness (QED) is 0.623. The molecule has 0 aromatic heterocycles. The zero-order valence-electron chi connectivity index (χ0n) is 9.43. The molecule has 0 unspecified atom stereocenters. The number of amides is 1. The minimum atomic E-state index is -1.17. The smallest absolute Gasteiger partial charge is 0.409 e. The third-order valence-electron chi connectivity index (χ3n) is 2.27. The van der Waals surface area contributed by atoms with E-state index in [0.717, 1.165) is 0 Å². The van der Waals surface area contributed by atoms with Gasteiger partial charge in [0, 0.05) is 18.7 Å². The molecule has 1 rings (SSSR count). The first-order valence-corrected chi connectivity index (χ1v) is 4.84. The summed E-state index contributed by atoms with van der Waals surface area (Å²) in [5, 5.41) is 21.4. The molecule has 0 heterocycles. The van der Waals surface area contributed by atoms with Crippen LogP contribution in [0.3, 0.4) is 0 Å². The highest BCUT2D eigenvalue weighted by Crippen LogP contribution is 2.21. The van der Waals surface area contributed by atoms with Crippen molar-refractivity contribution >= 4 is 17.9 Å². The van der Waals surface area contributed by atoms with Gasteiger partial charge in [-0.25, -0.2) is 4.79 Å². The Bertz CT molecular complexity index is 494. The number of benzene rings is 1. The Labute approximate surface area is 97.7 Å². The van der Waals surface area contributed by atoms with E-state index in [-0.39, 0.29) is 5.70 Å². The summed E-state index contributed by atoms with van der Waals surface area (Å²) >= 11 is 0. The molecule has 0 bridgehead atoms. The molecule has 90 valence electrons. The summed E-state index contributed by atoms with van der Waals surface area (Å²) in [6, 6.07) is 4.93. The molecular formula is C11H12N2O4. The molecule has 17 heavy (non-hydrogen) atoms. The second-order valence-corrected chi connectivity index (χ2v) is 3.49. The van der Waals surface area contributed by atoms with Crippen molar-refractivity contribution in [3.63, 3.8) is 0 Å². The molecule has 0 fully saturated rings. The van der Waals surface area contributed by atoms with E-state index in [1.54, 1.807) is 25.1 Å². The number of carboxylic acid groups (broad SMARTS) is 1. The fourth-order valence-electron chi connectivity index (χ4n) is 1.34. The number of nitrogens with one attached hydrogen (secondary N) is 1. The van der Waals surface area contributed by atoms with E-state index >= 15 is 0 Å². The molecule has 0 radical (unpaired) electrons. The Morgan fingerprint density at radius 3 is 2.71 bits per heavy atom. The van der Waals surface area contributed by atoms with E-state index in [9.17, 15) is 14.9 Å². The van der Waals surface area contributed by atoms with Crippen LogP contribution in [0.5, 0.6) is 0 Å². The van der Waals surface area contributed by atoms with Gasteiger partial charge in [-0.3, -0.25) is 15.4 Å². The summed E-state index contributed by atoms with van der Waals surface area (Å²) in [4.78, 5) is 20.5. The Kier molecular flexibility index (Phi) is 3.82. The fraction of sp³-hybridized carbons (Fsp3) is 0.182. The lowest BCUT2D eigenvalue weighted by Crippen LogP contribution is -2.08. The molecule has 2 N–H and O–H groups in total. The van der Waals surface area contributed by atoms with E-state index in [0.29, 0.717) is 16.8 Å². The molecule has 1 aromatic carbocycles. The number of rotatable bonds is 3. The van der Waals surface area contributed by atoms with Crippen molar-refractivity contribution in [1.82, 2.24) is 0 Å². The summed E-state index contributed by atoms with van der Waals surface area (Å²) in [7, 11) is 0. The Morgan fingerprint density at radius 2 is 2.18 bits per heavy atom. The van der Waals surface area contributed by atoms with Crippen LogP contribution in [0.4, 0.5) is 10.5 Å². The van der Waals surface area contributed by atoms with Gasteiger partial charge in [0.25, 0.3) is 0 Å². The van der Waals surface area contributed by atoms with E-state index in [4.69, 9.17) is 5.11 Å². The molecule has 6 nitrogen and oxygen atoms in total. The summed E-state index contributed by atoms with van der Waals surface area (Å²) in [5.74, 6) is 0. The lowest BCUT2D eigenvalue weighted by molar-refractivity contribution is -0.422. The van der Waals surface area contributed by atoms with E-state index < -0.39 is 11.0 Å². The second kappa shape index (κ2) is 5.11. The summed E-state index contributed by atoms with van der Waals surface area (Å²) in [6.07, 6.45) is 0.239. The highest BCUT2D eigenvalue weighted by molar-refractivity contribution is 5.85. The predicted molar refractivity (Wildman–Crippen MR) is 63.5 cm³/mol. The van der Waals surface area contributed by atoms with E-state index in [1.807, 2.05) is 0 Å². The lowest BCUT2D eigenvalue weighted by atomic mass is 10.1. The molecule has 6 heteroatoms.